The van der Waals surface area contributed by atoms with Crippen LogP contribution in [-0.2, 0) is 54.2 Å². The molecule has 2 aliphatic rings. The number of alkyl halides is 3. The number of benzene rings is 4. The van der Waals surface area contributed by atoms with Gasteiger partial charge in [-0.3, -0.25) is 24.0 Å². The Morgan fingerprint density at radius 1 is 0.678 bits per heavy atom. The molecule has 306 valence electrons. The zero-order valence-electron chi connectivity index (χ0n) is 31.7. The summed E-state index contributed by atoms with van der Waals surface area (Å²) in [5.41, 5.74) is 1.24. The van der Waals surface area contributed by atoms with Crippen LogP contribution in [0.3, 0.4) is 0 Å². The van der Waals surface area contributed by atoms with E-state index in [1.165, 1.54) is 18.2 Å². The number of hydrogen-bond acceptors (Lipinski definition) is 7. The Morgan fingerprint density at radius 2 is 1.20 bits per heavy atom. The highest BCUT2D eigenvalue weighted by Gasteiger charge is 2.35. The third kappa shape index (κ3) is 12.0. The fraction of sp³-hybridized carbons (Fsp3) is 0.279. The van der Waals surface area contributed by atoms with Crippen LogP contribution in [0.25, 0.3) is 0 Å². The van der Waals surface area contributed by atoms with Crippen molar-refractivity contribution in [2.45, 2.75) is 75.3 Å². The summed E-state index contributed by atoms with van der Waals surface area (Å²) in [5, 5.41) is 33.0. The number of fused-ring (bicyclic) bond motifs is 18. The molecule has 6 N–H and O–H groups in total. The minimum absolute atomic E-state index is 0.127. The fourth-order valence-corrected chi connectivity index (χ4v) is 6.55. The number of hydrogen-bond donors (Lipinski definition) is 6. The van der Waals surface area contributed by atoms with Gasteiger partial charge < -0.3 is 31.7 Å². The molecule has 0 aliphatic carbocycles. The van der Waals surface area contributed by atoms with Crippen molar-refractivity contribution in [1.82, 2.24) is 21.3 Å². The number of carboxylic acids is 1. The first-order chi connectivity index (χ1) is 28.1. The molecule has 4 aromatic rings. The van der Waals surface area contributed by atoms with Crippen molar-refractivity contribution in [3.63, 3.8) is 0 Å². The van der Waals surface area contributed by atoms with E-state index in [1.54, 1.807) is 67.6 Å². The minimum atomic E-state index is -4.65. The summed E-state index contributed by atoms with van der Waals surface area (Å²) in [6, 6.07) is 21.0. The molecular formula is C43H41F3N6O7. The third-order valence-corrected chi connectivity index (χ3v) is 9.85. The van der Waals surface area contributed by atoms with Gasteiger partial charge in [0.2, 0.25) is 29.5 Å². The molecule has 0 saturated carbocycles. The van der Waals surface area contributed by atoms with Crippen LogP contribution in [0.5, 0.6) is 0 Å². The molecule has 0 unspecified atom stereocenters. The lowest BCUT2D eigenvalue weighted by Gasteiger charge is -2.28. The fourth-order valence-electron chi connectivity index (χ4n) is 6.55. The molecule has 4 aromatic carbocycles. The van der Waals surface area contributed by atoms with E-state index >= 15 is 0 Å². The molecule has 2 bridgehead atoms. The van der Waals surface area contributed by atoms with Gasteiger partial charge in [-0.15, -0.1) is 0 Å². The van der Waals surface area contributed by atoms with Crippen molar-refractivity contribution in [3.05, 3.63) is 137 Å². The minimum Gasteiger partial charge on any atom is -0.480 e. The second-order valence-electron chi connectivity index (χ2n) is 14.1. The van der Waals surface area contributed by atoms with E-state index in [1.807, 2.05) is 6.07 Å². The zero-order chi connectivity index (χ0) is 42.7. The average Bonchev–Trinajstić information content (AvgIpc) is 3.21. The molecule has 13 nitrogen and oxygen atoms in total. The molecule has 5 atom stereocenters. The van der Waals surface area contributed by atoms with Crippen LogP contribution in [0.2, 0.25) is 0 Å². The SMILES string of the molecule is C[C@@H]1c2ccc(cc2)NC(=O)CCC(=O)N[C@H](Cc2ccccc2C#N)C(=O)N[C@@H](Cc2ccc(C(F)(F)F)cc2)C(=O)N[C@H](Cc2ccccc2)C(=O)N[C@@H]1C(=O)O. The average molecular weight is 811 g/mol. The molecule has 16 heteroatoms. The highest BCUT2D eigenvalue weighted by Crippen LogP contribution is 2.29. The molecule has 0 saturated heterocycles. The van der Waals surface area contributed by atoms with E-state index < -0.39 is 77.3 Å². The summed E-state index contributed by atoms with van der Waals surface area (Å²) >= 11 is 0. The largest absolute Gasteiger partial charge is 0.480 e. The number of nitriles is 1. The lowest BCUT2D eigenvalue weighted by Crippen LogP contribution is -2.59. The van der Waals surface area contributed by atoms with Crippen molar-refractivity contribution < 1.29 is 47.0 Å². The van der Waals surface area contributed by atoms with Crippen molar-refractivity contribution in [2.24, 2.45) is 0 Å². The normalized spacial score (nSPS) is 21.1. The Balaban J connectivity index is 1.56. The smallest absolute Gasteiger partial charge is 0.416 e. The summed E-state index contributed by atoms with van der Waals surface area (Å²) in [6.45, 7) is 1.58. The summed E-state index contributed by atoms with van der Waals surface area (Å²) < 4.78 is 40.3. The number of amides is 5. The topological polar surface area (TPSA) is 207 Å². The molecule has 6 rings (SSSR count). The predicted molar refractivity (Wildman–Crippen MR) is 208 cm³/mol. The van der Waals surface area contributed by atoms with Crippen LogP contribution in [0, 0.1) is 11.3 Å². The van der Waals surface area contributed by atoms with Crippen LogP contribution < -0.4 is 26.6 Å². The van der Waals surface area contributed by atoms with E-state index in [0.29, 0.717) is 22.4 Å². The van der Waals surface area contributed by atoms with E-state index in [9.17, 15) is 52.3 Å². The number of carboxylic acid groups (broad SMARTS) is 1. The second-order valence-corrected chi connectivity index (χ2v) is 14.1. The van der Waals surface area contributed by atoms with Gasteiger partial charge in [0, 0.05) is 43.7 Å². The van der Waals surface area contributed by atoms with Crippen molar-refractivity contribution in [2.75, 3.05) is 5.32 Å². The Kier molecular flexibility index (Phi) is 14.2. The van der Waals surface area contributed by atoms with Gasteiger partial charge in [-0.25, -0.2) is 4.79 Å². The molecule has 0 fully saturated rings. The Bertz CT molecular complexity index is 2210. The summed E-state index contributed by atoms with van der Waals surface area (Å²) in [5.74, 6) is -6.20. The van der Waals surface area contributed by atoms with Crippen molar-refractivity contribution in [3.8, 4) is 6.07 Å². The molecule has 2 aliphatic heterocycles. The first kappa shape index (κ1) is 43.1. The molecule has 0 aromatic heterocycles. The van der Waals surface area contributed by atoms with Crippen LogP contribution in [0.1, 0.15) is 59.1 Å². The summed E-state index contributed by atoms with van der Waals surface area (Å²) in [6.07, 6.45) is -6.06. The van der Waals surface area contributed by atoms with Crippen molar-refractivity contribution >= 4 is 41.2 Å². The van der Waals surface area contributed by atoms with E-state index in [4.69, 9.17) is 0 Å². The Hall–Kier alpha value is -7.02. The maximum atomic E-state index is 14.3. The number of carbonyl (C=O) groups is 6. The number of rotatable bonds is 7. The van der Waals surface area contributed by atoms with Gasteiger partial charge in [-0.1, -0.05) is 79.7 Å². The number of carbonyl (C=O) groups excluding carboxylic acids is 5. The number of halogens is 3. The number of nitrogens with one attached hydrogen (secondary N) is 5. The van der Waals surface area contributed by atoms with E-state index in [-0.39, 0.29) is 43.2 Å². The van der Waals surface area contributed by atoms with Gasteiger partial charge in [0.25, 0.3) is 0 Å². The summed E-state index contributed by atoms with van der Waals surface area (Å²) in [4.78, 5) is 81.2. The zero-order valence-corrected chi connectivity index (χ0v) is 31.7. The predicted octanol–water partition coefficient (Wildman–Crippen LogP) is 4.16. The van der Waals surface area contributed by atoms with Gasteiger partial charge in [-0.05, 0) is 52.6 Å². The van der Waals surface area contributed by atoms with Gasteiger partial charge in [0.1, 0.15) is 24.2 Å². The van der Waals surface area contributed by atoms with Gasteiger partial charge >= 0.3 is 12.1 Å². The van der Waals surface area contributed by atoms with Crippen LogP contribution in [0.4, 0.5) is 18.9 Å². The molecular weight excluding hydrogens is 770 g/mol. The maximum Gasteiger partial charge on any atom is 0.416 e. The highest BCUT2D eigenvalue weighted by atomic mass is 19.4. The van der Waals surface area contributed by atoms with Crippen LogP contribution >= 0.6 is 0 Å². The van der Waals surface area contributed by atoms with Crippen LogP contribution in [-0.4, -0.2) is 64.8 Å². The first-order valence-corrected chi connectivity index (χ1v) is 18.6. The molecule has 0 radical (unpaired) electrons. The maximum absolute atomic E-state index is 14.3. The Labute approximate surface area is 337 Å². The third-order valence-electron chi connectivity index (χ3n) is 9.85. The molecule has 5 amide bonds. The highest BCUT2D eigenvalue weighted by molar-refractivity contribution is 5.97. The lowest BCUT2D eigenvalue weighted by atomic mass is 9.92. The van der Waals surface area contributed by atoms with E-state index in [0.717, 1.165) is 24.3 Å². The standard InChI is InChI=1S/C43H41F3N6O7/c1-25-28-13-17-32(18-14-28)48-36(53)19-20-37(54)49-35(23-29-9-5-6-10-30(29)24-47)40(56)50-33(22-27-11-15-31(16-12-27)43(44,45)46)39(55)51-34(21-26-7-3-2-4-8-26)41(57)52-38(25)42(58)59/h2-18,25,33-35,38H,19-23H2,1H3,(H,48,53)(H,49,54)(H,50,56)(H,51,55)(H,52,57)(H,58,59)/t25-,33+,34-,35-,38+/m1/s1. The Morgan fingerprint density at radius 3 is 1.78 bits per heavy atom. The molecule has 59 heavy (non-hydrogen) atoms. The molecule has 2 heterocycles. The lowest BCUT2D eigenvalue weighted by molar-refractivity contribution is -0.143. The van der Waals surface area contributed by atoms with Gasteiger partial charge in [0.05, 0.1) is 17.2 Å². The van der Waals surface area contributed by atoms with Gasteiger partial charge in [-0.2, -0.15) is 18.4 Å². The monoisotopic (exact) mass is 810 g/mol. The number of anilines is 1. The van der Waals surface area contributed by atoms with Crippen molar-refractivity contribution in [1.29, 1.82) is 5.26 Å². The van der Waals surface area contributed by atoms with Crippen LogP contribution in [0.15, 0.2) is 103 Å². The summed E-state index contributed by atoms with van der Waals surface area (Å²) in [7, 11) is 0. The first-order valence-electron chi connectivity index (χ1n) is 18.6. The quantitative estimate of drug-likeness (QED) is 0.149. The number of aliphatic carboxylic acids is 1. The molecule has 0 spiro atoms. The number of nitrogens with zero attached hydrogens (tertiary/aromatic N) is 1. The second kappa shape index (κ2) is 19.4. The van der Waals surface area contributed by atoms with Gasteiger partial charge in [0.15, 0.2) is 0 Å². The van der Waals surface area contributed by atoms with E-state index in [2.05, 4.69) is 26.6 Å².